The Balaban J connectivity index is 1.28. The Labute approximate surface area is 241 Å². The average molecular weight is 584 g/mol. The molecule has 0 spiro atoms. The predicted octanol–water partition coefficient (Wildman–Crippen LogP) is 4.36. The molecule has 40 heavy (non-hydrogen) atoms. The van der Waals surface area contributed by atoms with Crippen molar-refractivity contribution in [2.75, 3.05) is 0 Å². The zero-order valence-corrected chi connectivity index (χ0v) is 23.8. The van der Waals surface area contributed by atoms with E-state index in [4.69, 9.17) is 21.1 Å². The van der Waals surface area contributed by atoms with Gasteiger partial charge >= 0.3 is 5.97 Å². The lowest BCUT2D eigenvalue weighted by atomic mass is 10.0. The monoisotopic (exact) mass is 583 g/mol. The van der Waals surface area contributed by atoms with Crippen LogP contribution in [0.1, 0.15) is 54.7 Å². The Bertz CT molecular complexity index is 1410. The van der Waals surface area contributed by atoms with Crippen LogP contribution in [-0.4, -0.2) is 42.0 Å². The smallest absolute Gasteiger partial charge is 0.338 e. The van der Waals surface area contributed by atoms with E-state index in [-0.39, 0.29) is 30.9 Å². The van der Waals surface area contributed by atoms with Crippen LogP contribution in [-0.2, 0) is 30.3 Å². The predicted molar refractivity (Wildman–Crippen MR) is 152 cm³/mol. The first-order valence-corrected chi connectivity index (χ1v) is 14.0. The molecule has 3 aromatic rings. The summed E-state index contributed by atoms with van der Waals surface area (Å²) in [5.74, 6) is -1.97. The minimum atomic E-state index is -0.998. The molecule has 0 radical (unpaired) electrons. The number of amides is 3. The van der Waals surface area contributed by atoms with Crippen molar-refractivity contribution >= 4 is 46.6 Å². The fourth-order valence-electron chi connectivity index (χ4n) is 4.05. The van der Waals surface area contributed by atoms with Crippen LogP contribution < -0.4 is 16.2 Å². The van der Waals surface area contributed by atoms with Gasteiger partial charge in [0.15, 0.2) is 12.2 Å². The summed E-state index contributed by atoms with van der Waals surface area (Å²) in [6, 6.07) is 18.5. The second-order valence-electron chi connectivity index (χ2n) is 9.58. The van der Waals surface area contributed by atoms with E-state index in [1.54, 1.807) is 38.1 Å². The maximum absolute atomic E-state index is 13.2. The molecule has 11 heteroatoms. The number of carbonyl (C=O) groups is 4. The number of thiophene rings is 1. The number of benzene rings is 2. The SMILES string of the molecule is CC(C)OC(=O)C1OC1C(=O)NNC(=O)CCc1ccccc1C(=O)N[C@H](C)c1cccc(-c2ccc(Cl)s2)c1. The highest BCUT2D eigenvalue weighted by Crippen LogP contribution is 2.32. The maximum Gasteiger partial charge on any atom is 0.338 e. The summed E-state index contributed by atoms with van der Waals surface area (Å²) in [6.07, 6.45) is -1.99. The van der Waals surface area contributed by atoms with Crippen LogP contribution in [0.2, 0.25) is 4.34 Å². The van der Waals surface area contributed by atoms with Gasteiger partial charge in [0.1, 0.15) is 0 Å². The van der Waals surface area contributed by atoms with E-state index in [9.17, 15) is 19.2 Å². The van der Waals surface area contributed by atoms with Crippen molar-refractivity contribution < 1.29 is 28.7 Å². The lowest BCUT2D eigenvalue weighted by Gasteiger charge is -2.17. The molecule has 0 saturated carbocycles. The summed E-state index contributed by atoms with van der Waals surface area (Å²) in [4.78, 5) is 50.5. The molecule has 4 rings (SSSR count). The number of esters is 1. The number of halogens is 1. The lowest BCUT2D eigenvalue weighted by molar-refractivity contribution is -0.149. The normalized spacial score (nSPS) is 16.6. The number of ether oxygens (including phenoxy) is 2. The molecule has 1 aromatic heterocycles. The fraction of sp³-hybridized carbons (Fsp3) is 0.310. The molecule has 3 N–H and O–H groups in total. The van der Waals surface area contributed by atoms with Gasteiger partial charge in [-0.2, -0.15) is 0 Å². The molecule has 0 bridgehead atoms. The van der Waals surface area contributed by atoms with E-state index in [1.807, 2.05) is 43.3 Å². The largest absolute Gasteiger partial charge is 0.461 e. The van der Waals surface area contributed by atoms with Gasteiger partial charge in [0, 0.05) is 16.9 Å². The number of rotatable bonds is 10. The minimum absolute atomic E-state index is 0.0237. The van der Waals surface area contributed by atoms with E-state index in [0.29, 0.717) is 15.5 Å². The Hall–Kier alpha value is -3.73. The zero-order chi connectivity index (χ0) is 28.8. The topological polar surface area (TPSA) is 126 Å². The quantitative estimate of drug-likeness (QED) is 0.185. The number of epoxide rings is 1. The summed E-state index contributed by atoms with van der Waals surface area (Å²) in [7, 11) is 0. The highest BCUT2D eigenvalue weighted by Gasteiger charge is 2.52. The highest BCUT2D eigenvalue weighted by molar-refractivity contribution is 7.19. The second-order valence-corrected chi connectivity index (χ2v) is 11.3. The summed E-state index contributed by atoms with van der Waals surface area (Å²) in [5.41, 5.74) is 7.70. The van der Waals surface area contributed by atoms with Gasteiger partial charge in [-0.05, 0) is 68.1 Å². The van der Waals surface area contributed by atoms with Crippen molar-refractivity contribution in [2.24, 2.45) is 0 Å². The van der Waals surface area contributed by atoms with Crippen LogP contribution in [0.3, 0.4) is 0 Å². The molecule has 2 unspecified atom stereocenters. The van der Waals surface area contributed by atoms with E-state index in [2.05, 4.69) is 16.2 Å². The fourth-order valence-corrected chi connectivity index (χ4v) is 5.09. The van der Waals surface area contributed by atoms with Crippen molar-refractivity contribution in [3.05, 3.63) is 81.7 Å². The van der Waals surface area contributed by atoms with Gasteiger partial charge in [0.25, 0.3) is 11.8 Å². The van der Waals surface area contributed by atoms with Crippen LogP contribution >= 0.6 is 22.9 Å². The Morgan fingerprint density at radius 3 is 2.48 bits per heavy atom. The number of carbonyl (C=O) groups excluding carboxylic acids is 4. The maximum atomic E-state index is 13.2. The van der Waals surface area contributed by atoms with E-state index < -0.39 is 30.0 Å². The van der Waals surface area contributed by atoms with Crippen LogP contribution in [0.4, 0.5) is 0 Å². The molecule has 3 atom stereocenters. The van der Waals surface area contributed by atoms with Gasteiger partial charge in [0.2, 0.25) is 5.91 Å². The van der Waals surface area contributed by atoms with Gasteiger partial charge in [-0.15, -0.1) is 11.3 Å². The standard InChI is InChI=1S/C29H30ClN3O6S/c1-16(2)38-29(37)26-25(39-26)28(36)33-32-24(34)14-11-18-7-4-5-10-21(18)27(35)31-17(3)19-8-6-9-20(15-19)22-12-13-23(30)40-22/h4-10,12-13,15-17,25-26H,11,14H2,1-3H3,(H,31,35)(H,32,34)(H,33,36)/t17-,25?,26?/m1/s1. The van der Waals surface area contributed by atoms with Crippen molar-refractivity contribution in [3.8, 4) is 10.4 Å². The molecule has 1 aliphatic rings. The Morgan fingerprint density at radius 2 is 1.75 bits per heavy atom. The third-order valence-electron chi connectivity index (χ3n) is 6.13. The molecule has 2 heterocycles. The first-order valence-electron chi connectivity index (χ1n) is 12.8. The first-order chi connectivity index (χ1) is 19.1. The van der Waals surface area contributed by atoms with E-state index in [1.165, 1.54) is 11.3 Å². The van der Waals surface area contributed by atoms with Crippen molar-refractivity contribution in [2.45, 2.75) is 58.0 Å². The third-order valence-corrected chi connectivity index (χ3v) is 7.41. The number of aryl methyl sites for hydroxylation is 1. The molecular formula is C29H30ClN3O6S. The van der Waals surface area contributed by atoms with E-state index >= 15 is 0 Å². The molecule has 210 valence electrons. The highest BCUT2D eigenvalue weighted by atomic mass is 35.5. The summed E-state index contributed by atoms with van der Waals surface area (Å²) in [6.45, 7) is 5.30. The van der Waals surface area contributed by atoms with Crippen molar-refractivity contribution in [1.29, 1.82) is 0 Å². The van der Waals surface area contributed by atoms with Crippen LogP contribution in [0.5, 0.6) is 0 Å². The van der Waals surface area contributed by atoms with Gasteiger partial charge < -0.3 is 14.8 Å². The summed E-state index contributed by atoms with van der Waals surface area (Å²) in [5, 5.41) is 3.04. The Kier molecular flexibility index (Phi) is 9.57. The van der Waals surface area contributed by atoms with Crippen LogP contribution in [0.25, 0.3) is 10.4 Å². The van der Waals surface area contributed by atoms with Gasteiger partial charge in [-0.1, -0.05) is 48.0 Å². The van der Waals surface area contributed by atoms with Gasteiger partial charge in [-0.3, -0.25) is 25.2 Å². The molecule has 0 aliphatic carbocycles. The first kappa shape index (κ1) is 29.3. The molecular weight excluding hydrogens is 554 g/mol. The zero-order valence-electron chi connectivity index (χ0n) is 22.2. The minimum Gasteiger partial charge on any atom is -0.461 e. The summed E-state index contributed by atoms with van der Waals surface area (Å²) < 4.78 is 10.8. The molecule has 3 amide bonds. The molecule has 9 nitrogen and oxygen atoms in total. The van der Waals surface area contributed by atoms with Crippen LogP contribution in [0.15, 0.2) is 60.7 Å². The number of hydrazine groups is 1. The molecule has 2 aromatic carbocycles. The number of hydrogen-bond acceptors (Lipinski definition) is 7. The average Bonchev–Trinajstić information content (AvgIpc) is 3.63. The molecule has 1 aliphatic heterocycles. The van der Waals surface area contributed by atoms with Crippen molar-refractivity contribution in [1.82, 2.24) is 16.2 Å². The number of hydrogen-bond donors (Lipinski definition) is 3. The van der Waals surface area contributed by atoms with Gasteiger partial charge in [0.05, 0.1) is 16.5 Å². The number of nitrogens with one attached hydrogen (secondary N) is 3. The van der Waals surface area contributed by atoms with E-state index in [0.717, 1.165) is 16.0 Å². The lowest BCUT2D eigenvalue weighted by Crippen LogP contribution is -2.44. The Morgan fingerprint density at radius 1 is 0.975 bits per heavy atom. The molecule has 1 saturated heterocycles. The third kappa shape index (κ3) is 7.68. The molecule has 1 fully saturated rings. The second kappa shape index (κ2) is 13.1. The van der Waals surface area contributed by atoms with Gasteiger partial charge in [-0.25, -0.2) is 4.79 Å². The van der Waals surface area contributed by atoms with Crippen molar-refractivity contribution in [3.63, 3.8) is 0 Å². The summed E-state index contributed by atoms with van der Waals surface area (Å²) >= 11 is 7.57. The van der Waals surface area contributed by atoms with Crippen LogP contribution in [0, 0.1) is 0 Å².